The van der Waals surface area contributed by atoms with E-state index >= 15 is 0 Å². The van der Waals surface area contributed by atoms with Crippen LogP contribution in [0.3, 0.4) is 0 Å². The predicted molar refractivity (Wildman–Crippen MR) is 108 cm³/mol. The van der Waals surface area contributed by atoms with Gasteiger partial charge in [-0.05, 0) is 48.9 Å². The molecular weight excluding hydrogens is 350 g/mol. The molecule has 0 bridgehead atoms. The minimum atomic E-state index is -0.0893. The number of carbonyl (C=O) groups is 1. The van der Waals surface area contributed by atoms with E-state index in [1.54, 1.807) is 6.20 Å². The Morgan fingerprint density at radius 2 is 2.00 bits per heavy atom. The van der Waals surface area contributed by atoms with Gasteiger partial charge in [-0.25, -0.2) is 4.98 Å². The molecule has 4 rings (SSSR count). The first-order valence-corrected chi connectivity index (χ1v) is 9.75. The first-order chi connectivity index (χ1) is 13.5. The number of hydrogen-bond acceptors (Lipinski definition) is 4. The third-order valence-electron chi connectivity index (χ3n) is 5.21. The highest BCUT2D eigenvalue weighted by Crippen LogP contribution is 2.40. The Morgan fingerprint density at radius 3 is 2.61 bits per heavy atom. The molecule has 1 N–H and O–H groups in total. The third-order valence-corrected chi connectivity index (χ3v) is 5.21. The van der Waals surface area contributed by atoms with E-state index < -0.39 is 0 Å². The molecule has 1 aromatic carbocycles. The van der Waals surface area contributed by atoms with Gasteiger partial charge in [-0.2, -0.15) is 10.2 Å². The van der Waals surface area contributed by atoms with Crippen LogP contribution in [0.25, 0.3) is 11.3 Å². The van der Waals surface area contributed by atoms with Gasteiger partial charge in [0.2, 0.25) is 0 Å². The molecule has 3 aromatic rings. The molecule has 1 aliphatic rings. The number of rotatable bonds is 6. The predicted octanol–water partition coefficient (Wildman–Crippen LogP) is 3.88. The Balaban J connectivity index is 1.55. The quantitative estimate of drug-likeness (QED) is 0.710. The third kappa shape index (κ3) is 3.81. The van der Waals surface area contributed by atoms with Crippen molar-refractivity contribution in [2.75, 3.05) is 0 Å². The van der Waals surface area contributed by atoms with Crippen molar-refractivity contribution < 1.29 is 4.79 Å². The van der Waals surface area contributed by atoms with Gasteiger partial charge >= 0.3 is 0 Å². The van der Waals surface area contributed by atoms with Gasteiger partial charge in [0.25, 0.3) is 5.91 Å². The summed E-state index contributed by atoms with van der Waals surface area (Å²) >= 11 is 0. The topological polar surface area (TPSA) is 72.7 Å². The van der Waals surface area contributed by atoms with Crippen LogP contribution in [0.1, 0.15) is 60.5 Å². The fourth-order valence-electron chi connectivity index (χ4n) is 3.35. The van der Waals surface area contributed by atoms with Gasteiger partial charge in [0.15, 0.2) is 0 Å². The fourth-order valence-corrected chi connectivity index (χ4v) is 3.35. The number of aryl methyl sites for hydroxylation is 1. The van der Waals surface area contributed by atoms with Gasteiger partial charge < -0.3 is 9.88 Å². The van der Waals surface area contributed by atoms with Crippen molar-refractivity contribution in [3.05, 3.63) is 65.9 Å². The number of aromatic nitrogens is 4. The molecule has 6 nitrogen and oxygen atoms in total. The second-order valence-electron chi connectivity index (χ2n) is 7.76. The molecule has 2 heterocycles. The van der Waals surface area contributed by atoms with Crippen LogP contribution in [0.15, 0.2) is 48.8 Å². The van der Waals surface area contributed by atoms with Gasteiger partial charge in [-0.15, -0.1) is 0 Å². The first-order valence-electron chi connectivity index (χ1n) is 9.75. The molecule has 1 fully saturated rings. The van der Waals surface area contributed by atoms with Crippen LogP contribution in [-0.4, -0.2) is 25.7 Å². The van der Waals surface area contributed by atoms with Crippen LogP contribution in [0.5, 0.6) is 0 Å². The van der Waals surface area contributed by atoms with Crippen LogP contribution in [0, 0.1) is 5.92 Å². The van der Waals surface area contributed by atoms with E-state index in [0.717, 1.165) is 35.6 Å². The van der Waals surface area contributed by atoms with Gasteiger partial charge in [-0.3, -0.25) is 4.79 Å². The van der Waals surface area contributed by atoms with E-state index in [1.165, 1.54) is 0 Å². The van der Waals surface area contributed by atoms with E-state index in [9.17, 15) is 4.79 Å². The zero-order chi connectivity index (χ0) is 19.7. The molecule has 144 valence electrons. The summed E-state index contributed by atoms with van der Waals surface area (Å²) in [5.74, 6) is 1.61. The maximum absolute atomic E-state index is 12.9. The standard InChI is InChI=1S/C22H25N5O/c1-14(2)18-9-10-19(26-25-18)16-5-4-6-17(13-16)22(28)24-20(15-7-8-15)21-23-11-12-27(21)3/h4-6,9-15,20H,7-8H2,1-3H3,(H,24,28). The monoisotopic (exact) mass is 375 g/mol. The van der Waals surface area contributed by atoms with E-state index in [-0.39, 0.29) is 11.9 Å². The Labute approximate surface area is 165 Å². The summed E-state index contributed by atoms with van der Waals surface area (Å²) in [4.78, 5) is 17.4. The molecule has 0 saturated heterocycles. The fraction of sp³-hybridized carbons (Fsp3) is 0.364. The van der Waals surface area contributed by atoms with E-state index in [0.29, 0.717) is 17.4 Å². The van der Waals surface area contributed by atoms with Crippen LogP contribution >= 0.6 is 0 Å². The van der Waals surface area contributed by atoms with Gasteiger partial charge in [0.1, 0.15) is 5.82 Å². The van der Waals surface area contributed by atoms with Crippen molar-refractivity contribution in [2.24, 2.45) is 13.0 Å². The highest BCUT2D eigenvalue weighted by Gasteiger charge is 2.35. The Hall–Kier alpha value is -3.02. The zero-order valence-electron chi connectivity index (χ0n) is 16.5. The molecule has 28 heavy (non-hydrogen) atoms. The maximum atomic E-state index is 12.9. The number of benzene rings is 1. The average molecular weight is 375 g/mol. The summed E-state index contributed by atoms with van der Waals surface area (Å²) in [7, 11) is 1.96. The molecule has 6 heteroatoms. The van der Waals surface area contributed by atoms with E-state index in [4.69, 9.17) is 0 Å². The Kier molecular flexibility index (Phi) is 4.94. The molecule has 0 aliphatic heterocycles. The summed E-state index contributed by atoms with van der Waals surface area (Å²) in [5, 5.41) is 11.8. The van der Waals surface area contributed by atoms with E-state index in [2.05, 4.69) is 34.3 Å². The first kappa shape index (κ1) is 18.3. The van der Waals surface area contributed by atoms with Crippen molar-refractivity contribution in [1.82, 2.24) is 25.1 Å². The molecule has 1 amide bonds. The number of nitrogens with one attached hydrogen (secondary N) is 1. The number of imidazole rings is 1. The molecule has 1 unspecified atom stereocenters. The lowest BCUT2D eigenvalue weighted by Crippen LogP contribution is -2.31. The lowest BCUT2D eigenvalue weighted by Gasteiger charge is -2.18. The summed E-state index contributed by atoms with van der Waals surface area (Å²) < 4.78 is 1.98. The number of nitrogens with zero attached hydrogens (tertiary/aromatic N) is 4. The lowest BCUT2D eigenvalue weighted by atomic mass is 10.1. The molecule has 1 aliphatic carbocycles. The summed E-state index contributed by atoms with van der Waals surface area (Å²) in [6.07, 6.45) is 5.93. The van der Waals surface area contributed by atoms with Gasteiger partial charge in [-0.1, -0.05) is 26.0 Å². The molecule has 1 saturated carbocycles. The SMILES string of the molecule is CC(C)c1ccc(-c2cccc(C(=O)NC(c3nccn3C)C3CC3)c2)nn1. The van der Waals surface area contributed by atoms with Crippen LogP contribution < -0.4 is 5.32 Å². The minimum absolute atomic E-state index is 0.0544. The molecular formula is C22H25N5O. The number of carbonyl (C=O) groups excluding carboxylic acids is 1. The second kappa shape index (κ2) is 7.54. The molecule has 0 radical (unpaired) electrons. The summed E-state index contributed by atoms with van der Waals surface area (Å²) in [6, 6.07) is 11.4. The minimum Gasteiger partial charge on any atom is -0.342 e. The van der Waals surface area contributed by atoms with Crippen molar-refractivity contribution in [2.45, 2.75) is 38.6 Å². The zero-order valence-corrected chi connectivity index (χ0v) is 16.5. The molecule has 0 spiro atoms. The van der Waals surface area contributed by atoms with Crippen molar-refractivity contribution in [3.63, 3.8) is 0 Å². The second-order valence-corrected chi connectivity index (χ2v) is 7.76. The van der Waals surface area contributed by atoms with Crippen molar-refractivity contribution >= 4 is 5.91 Å². The largest absolute Gasteiger partial charge is 0.342 e. The maximum Gasteiger partial charge on any atom is 0.251 e. The highest BCUT2D eigenvalue weighted by molar-refractivity contribution is 5.95. The Morgan fingerprint density at radius 1 is 1.18 bits per heavy atom. The van der Waals surface area contributed by atoms with Crippen LogP contribution in [-0.2, 0) is 7.05 Å². The van der Waals surface area contributed by atoms with Gasteiger partial charge in [0.05, 0.1) is 17.4 Å². The number of amides is 1. The number of hydrogen-bond donors (Lipinski definition) is 1. The molecule has 1 atom stereocenters. The normalized spacial score (nSPS) is 14.9. The average Bonchev–Trinajstić information content (AvgIpc) is 3.47. The smallest absolute Gasteiger partial charge is 0.251 e. The lowest BCUT2D eigenvalue weighted by molar-refractivity contribution is 0.0929. The summed E-state index contributed by atoms with van der Waals surface area (Å²) in [5.41, 5.74) is 3.23. The van der Waals surface area contributed by atoms with Crippen LogP contribution in [0.4, 0.5) is 0 Å². The van der Waals surface area contributed by atoms with Crippen molar-refractivity contribution in [1.29, 1.82) is 0 Å². The highest BCUT2D eigenvalue weighted by atomic mass is 16.1. The van der Waals surface area contributed by atoms with Crippen LogP contribution in [0.2, 0.25) is 0 Å². The van der Waals surface area contributed by atoms with Gasteiger partial charge in [0, 0.05) is 30.6 Å². The van der Waals surface area contributed by atoms with Crippen molar-refractivity contribution in [3.8, 4) is 11.3 Å². The molecule has 2 aromatic heterocycles. The Bertz CT molecular complexity index is 973. The summed E-state index contributed by atoms with van der Waals surface area (Å²) in [6.45, 7) is 4.18. The van der Waals surface area contributed by atoms with E-state index in [1.807, 2.05) is 54.2 Å².